The number of hydrogen-bond acceptors (Lipinski definition) is 2. The topological polar surface area (TPSA) is 26.0 Å². The average molecular weight is 211 g/mol. The second kappa shape index (κ2) is 6.20. The molecule has 1 unspecified atom stereocenters. The van der Waals surface area contributed by atoms with Crippen molar-refractivity contribution < 1.29 is 0 Å². The minimum Gasteiger partial charge on any atom is -0.330 e. The van der Waals surface area contributed by atoms with Gasteiger partial charge in [-0.25, -0.2) is 0 Å². The highest BCUT2D eigenvalue weighted by Crippen LogP contribution is 2.25. The third-order valence-corrected chi connectivity index (χ3v) is 3.67. The van der Waals surface area contributed by atoms with Crippen molar-refractivity contribution in [3.8, 4) is 0 Å². The maximum Gasteiger partial charge on any atom is 0.00804 e. The van der Waals surface area contributed by atoms with E-state index in [-0.39, 0.29) is 0 Å². The highest BCUT2D eigenvalue weighted by Gasteiger charge is 2.09. The Labute approximate surface area is 91.3 Å². The molecule has 0 aliphatic rings. The van der Waals surface area contributed by atoms with Crippen LogP contribution in [-0.2, 0) is 6.42 Å². The van der Waals surface area contributed by atoms with Crippen LogP contribution in [0.5, 0.6) is 0 Å². The van der Waals surface area contributed by atoms with Crippen molar-refractivity contribution >= 4 is 11.3 Å². The summed E-state index contributed by atoms with van der Waals surface area (Å²) in [7, 11) is 0. The molecule has 0 saturated heterocycles. The lowest BCUT2D eigenvalue weighted by molar-refractivity contribution is 0.707. The first kappa shape index (κ1) is 11.7. The minimum atomic E-state index is 0.526. The number of hydrogen-bond donors (Lipinski definition) is 1. The van der Waals surface area contributed by atoms with Crippen LogP contribution in [0.3, 0.4) is 0 Å². The summed E-state index contributed by atoms with van der Waals surface area (Å²) in [6, 6.07) is 2.24. The number of unbranched alkanes of at least 4 members (excludes halogenated alkanes) is 2. The summed E-state index contributed by atoms with van der Waals surface area (Å²) in [5.74, 6) is 0.526. The Hall–Kier alpha value is -0.340. The van der Waals surface area contributed by atoms with Crippen molar-refractivity contribution in [2.75, 3.05) is 6.54 Å². The SMILES string of the molecule is CCCCCc1sccc1C(C)CN. The third kappa shape index (κ3) is 3.10. The molecule has 1 aromatic rings. The van der Waals surface area contributed by atoms with Gasteiger partial charge in [-0.05, 0) is 42.3 Å². The van der Waals surface area contributed by atoms with E-state index in [4.69, 9.17) is 5.73 Å². The first-order valence-electron chi connectivity index (χ1n) is 5.56. The predicted molar refractivity (Wildman–Crippen MR) is 65.0 cm³/mol. The van der Waals surface area contributed by atoms with Gasteiger partial charge in [0, 0.05) is 4.88 Å². The Kier molecular flexibility index (Phi) is 5.20. The van der Waals surface area contributed by atoms with E-state index < -0.39 is 0 Å². The highest BCUT2D eigenvalue weighted by atomic mass is 32.1. The molecule has 0 bridgehead atoms. The standard InChI is InChI=1S/C12H21NS/c1-3-4-5-6-12-11(7-8-14-12)10(2)9-13/h7-8,10H,3-6,9,13H2,1-2H3. The number of thiophene rings is 1. The number of nitrogens with two attached hydrogens (primary N) is 1. The fourth-order valence-electron chi connectivity index (χ4n) is 1.66. The largest absolute Gasteiger partial charge is 0.330 e. The predicted octanol–water partition coefficient (Wildman–Crippen LogP) is 3.54. The van der Waals surface area contributed by atoms with E-state index in [2.05, 4.69) is 25.3 Å². The van der Waals surface area contributed by atoms with Gasteiger partial charge in [0.2, 0.25) is 0 Å². The summed E-state index contributed by atoms with van der Waals surface area (Å²) >= 11 is 1.89. The minimum absolute atomic E-state index is 0.526. The zero-order valence-electron chi connectivity index (χ0n) is 9.25. The summed E-state index contributed by atoms with van der Waals surface area (Å²) in [6.45, 7) is 5.22. The summed E-state index contributed by atoms with van der Waals surface area (Å²) in [5.41, 5.74) is 7.17. The van der Waals surface area contributed by atoms with Gasteiger partial charge < -0.3 is 5.73 Å². The van der Waals surface area contributed by atoms with E-state index >= 15 is 0 Å². The highest BCUT2D eigenvalue weighted by molar-refractivity contribution is 7.10. The molecule has 1 rings (SSSR count). The molecule has 0 radical (unpaired) electrons. The van der Waals surface area contributed by atoms with Gasteiger partial charge in [-0.1, -0.05) is 26.7 Å². The molecule has 1 atom stereocenters. The monoisotopic (exact) mass is 211 g/mol. The second-order valence-corrected chi connectivity index (χ2v) is 4.89. The van der Waals surface area contributed by atoms with Crippen LogP contribution in [0.15, 0.2) is 11.4 Å². The molecule has 80 valence electrons. The van der Waals surface area contributed by atoms with Crippen molar-refractivity contribution in [3.63, 3.8) is 0 Å². The van der Waals surface area contributed by atoms with Crippen LogP contribution in [0.25, 0.3) is 0 Å². The Morgan fingerprint density at radius 1 is 1.43 bits per heavy atom. The molecule has 1 aromatic heterocycles. The molecule has 1 heterocycles. The number of rotatable bonds is 6. The molecule has 2 N–H and O–H groups in total. The summed E-state index contributed by atoms with van der Waals surface area (Å²) in [6.07, 6.45) is 5.20. The maximum absolute atomic E-state index is 5.69. The fraction of sp³-hybridized carbons (Fsp3) is 0.667. The lowest BCUT2D eigenvalue weighted by atomic mass is 10.00. The quantitative estimate of drug-likeness (QED) is 0.716. The summed E-state index contributed by atoms with van der Waals surface area (Å²) in [4.78, 5) is 1.55. The molecule has 14 heavy (non-hydrogen) atoms. The van der Waals surface area contributed by atoms with E-state index in [1.54, 1.807) is 4.88 Å². The molecule has 0 fully saturated rings. The summed E-state index contributed by atoms with van der Waals surface area (Å²) in [5, 5.41) is 2.20. The lowest BCUT2D eigenvalue weighted by Crippen LogP contribution is -2.09. The second-order valence-electron chi connectivity index (χ2n) is 3.89. The molecule has 0 spiro atoms. The van der Waals surface area contributed by atoms with Crippen LogP contribution >= 0.6 is 11.3 Å². The van der Waals surface area contributed by atoms with Gasteiger partial charge >= 0.3 is 0 Å². The van der Waals surface area contributed by atoms with E-state index in [0.717, 1.165) is 6.54 Å². The van der Waals surface area contributed by atoms with Crippen LogP contribution in [0, 0.1) is 0 Å². The Morgan fingerprint density at radius 3 is 2.86 bits per heavy atom. The first-order chi connectivity index (χ1) is 6.79. The maximum atomic E-state index is 5.69. The smallest absolute Gasteiger partial charge is 0.00804 e. The Balaban J connectivity index is 2.53. The molecular weight excluding hydrogens is 190 g/mol. The van der Waals surface area contributed by atoms with Gasteiger partial charge in [0.15, 0.2) is 0 Å². The molecule has 0 saturated carbocycles. The first-order valence-corrected chi connectivity index (χ1v) is 6.43. The zero-order chi connectivity index (χ0) is 10.4. The summed E-state index contributed by atoms with van der Waals surface area (Å²) < 4.78 is 0. The van der Waals surface area contributed by atoms with E-state index in [9.17, 15) is 0 Å². The molecule has 0 aliphatic heterocycles. The molecule has 0 aliphatic carbocycles. The van der Waals surface area contributed by atoms with Crippen LogP contribution < -0.4 is 5.73 Å². The van der Waals surface area contributed by atoms with Gasteiger partial charge in [-0.3, -0.25) is 0 Å². The zero-order valence-corrected chi connectivity index (χ0v) is 10.1. The van der Waals surface area contributed by atoms with Crippen LogP contribution in [0.4, 0.5) is 0 Å². The Bertz CT molecular complexity index is 255. The molecular formula is C12H21NS. The third-order valence-electron chi connectivity index (χ3n) is 2.67. The van der Waals surface area contributed by atoms with Gasteiger partial charge in [-0.15, -0.1) is 11.3 Å². The van der Waals surface area contributed by atoms with Gasteiger partial charge in [0.05, 0.1) is 0 Å². The normalized spacial score (nSPS) is 13.1. The van der Waals surface area contributed by atoms with Crippen molar-refractivity contribution in [2.45, 2.75) is 45.4 Å². The fourth-order valence-corrected chi connectivity index (χ4v) is 2.70. The molecule has 0 aromatic carbocycles. The average Bonchev–Trinajstić information content (AvgIpc) is 2.65. The molecule has 1 nitrogen and oxygen atoms in total. The van der Waals surface area contributed by atoms with Gasteiger partial charge in [-0.2, -0.15) is 0 Å². The number of aryl methyl sites for hydroxylation is 1. The Morgan fingerprint density at radius 2 is 2.21 bits per heavy atom. The van der Waals surface area contributed by atoms with Crippen molar-refractivity contribution in [1.82, 2.24) is 0 Å². The van der Waals surface area contributed by atoms with Gasteiger partial charge in [0.25, 0.3) is 0 Å². The van der Waals surface area contributed by atoms with Crippen molar-refractivity contribution in [1.29, 1.82) is 0 Å². The van der Waals surface area contributed by atoms with Gasteiger partial charge in [0.1, 0.15) is 0 Å². The van der Waals surface area contributed by atoms with Crippen LogP contribution in [0.1, 0.15) is 49.5 Å². The van der Waals surface area contributed by atoms with Crippen LogP contribution in [-0.4, -0.2) is 6.54 Å². The van der Waals surface area contributed by atoms with E-state index in [0.29, 0.717) is 5.92 Å². The molecule has 2 heteroatoms. The van der Waals surface area contributed by atoms with E-state index in [1.165, 1.54) is 31.2 Å². The lowest BCUT2D eigenvalue weighted by Gasteiger charge is -2.09. The van der Waals surface area contributed by atoms with Crippen molar-refractivity contribution in [3.05, 3.63) is 21.9 Å². The van der Waals surface area contributed by atoms with E-state index in [1.807, 2.05) is 11.3 Å². The van der Waals surface area contributed by atoms with Crippen molar-refractivity contribution in [2.24, 2.45) is 5.73 Å². The molecule has 0 amide bonds. The van der Waals surface area contributed by atoms with Crippen LogP contribution in [0.2, 0.25) is 0 Å².